The van der Waals surface area contributed by atoms with Crippen molar-refractivity contribution >= 4 is 21.8 Å². The van der Waals surface area contributed by atoms with Crippen molar-refractivity contribution in [2.24, 2.45) is 0 Å². The van der Waals surface area contributed by atoms with Gasteiger partial charge in [0.2, 0.25) is 0 Å². The molecule has 0 saturated carbocycles. The van der Waals surface area contributed by atoms with Crippen molar-refractivity contribution in [1.82, 2.24) is 19.5 Å². The van der Waals surface area contributed by atoms with Gasteiger partial charge in [-0.05, 0) is 69.3 Å². The molecule has 1 aliphatic rings. The highest BCUT2D eigenvalue weighted by Gasteiger charge is 2.49. The fraction of sp³-hybridized carbons (Fsp3) is 0.0192. The lowest BCUT2D eigenvalue weighted by Gasteiger charge is -2.32. The minimum Gasteiger partial charge on any atom is -0.309 e. The molecule has 4 nitrogen and oxygen atoms in total. The summed E-state index contributed by atoms with van der Waals surface area (Å²) in [6, 6.07) is 73.1. The van der Waals surface area contributed by atoms with Crippen molar-refractivity contribution in [1.29, 1.82) is 0 Å². The number of para-hydroxylation sites is 2. The molecule has 8 aromatic carbocycles. The third kappa shape index (κ3) is 4.89. The Morgan fingerprint density at radius 1 is 0.357 bits per heavy atom. The van der Waals surface area contributed by atoms with E-state index in [4.69, 9.17) is 15.0 Å². The predicted molar refractivity (Wildman–Crippen MR) is 228 cm³/mol. The number of nitrogens with zero attached hydrogens (tertiary/aromatic N) is 4. The van der Waals surface area contributed by atoms with E-state index in [9.17, 15) is 0 Å². The molecule has 0 fully saturated rings. The molecule has 2 heterocycles. The normalized spacial score (nSPS) is 12.8. The van der Waals surface area contributed by atoms with Crippen LogP contribution in [-0.2, 0) is 5.41 Å². The molecule has 0 unspecified atom stereocenters. The van der Waals surface area contributed by atoms with E-state index in [1.165, 1.54) is 21.9 Å². The lowest BCUT2D eigenvalue weighted by atomic mass is 9.71. The summed E-state index contributed by atoms with van der Waals surface area (Å²) in [4.78, 5) is 16.4. The molecule has 4 heteroatoms. The van der Waals surface area contributed by atoms with Gasteiger partial charge in [-0.1, -0.05) is 176 Å². The molecule has 0 atom stereocenters. The summed E-state index contributed by atoms with van der Waals surface area (Å²) in [6.07, 6.45) is 0. The molecule has 0 saturated heterocycles. The summed E-state index contributed by atoms with van der Waals surface area (Å²) in [5.41, 5.74) is 12.5. The van der Waals surface area contributed by atoms with Gasteiger partial charge in [-0.3, -0.25) is 0 Å². The number of fused-ring (bicyclic) bond motifs is 6. The van der Waals surface area contributed by atoms with E-state index in [1.54, 1.807) is 0 Å². The second-order valence-electron chi connectivity index (χ2n) is 14.4. The zero-order valence-electron chi connectivity index (χ0n) is 30.4. The minimum atomic E-state index is -0.831. The fourth-order valence-corrected chi connectivity index (χ4v) is 8.83. The van der Waals surface area contributed by atoms with Crippen molar-refractivity contribution < 1.29 is 0 Å². The third-order valence-electron chi connectivity index (χ3n) is 11.3. The number of aromatic nitrogens is 4. The molecular formula is C52H34N4. The zero-order valence-corrected chi connectivity index (χ0v) is 30.4. The fourth-order valence-electron chi connectivity index (χ4n) is 8.83. The largest absolute Gasteiger partial charge is 0.309 e. The van der Waals surface area contributed by atoms with Crippen LogP contribution in [0.15, 0.2) is 206 Å². The van der Waals surface area contributed by atoms with E-state index in [1.807, 2.05) is 18.2 Å². The summed E-state index contributed by atoms with van der Waals surface area (Å²) in [6.45, 7) is 0. The second-order valence-corrected chi connectivity index (χ2v) is 14.4. The van der Waals surface area contributed by atoms with E-state index in [-0.39, 0.29) is 0 Å². The maximum absolute atomic E-state index is 5.59. The number of benzene rings is 8. The highest BCUT2D eigenvalue weighted by atomic mass is 15.1. The van der Waals surface area contributed by atoms with Crippen LogP contribution in [0.1, 0.15) is 22.5 Å². The van der Waals surface area contributed by atoms with Gasteiger partial charge in [-0.15, -0.1) is 0 Å². The van der Waals surface area contributed by atoms with Crippen LogP contribution < -0.4 is 0 Å². The van der Waals surface area contributed by atoms with E-state index >= 15 is 0 Å². The first-order chi connectivity index (χ1) is 27.8. The molecule has 262 valence electrons. The Hall–Kier alpha value is -7.43. The van der Waals surface area contributed by atoms with Crippen molar-refractivity contribution in [3.63, 3.8) is 0 Å². The monoisotopic (exact) mass is 714 g/mol. The number of hydrogen-bond donors (Lipinski definition) is 0. The van der Waals surface area contributed by atoms with Gasteiger partial charge in [-0.25, -0.2) is 15.0 Å². The SMILES string of the molecule is c1ccc(-c2cccc(C3(c4nc(-c5ccccc5)nc(-c5ccc6c7ccccc7n(-c7ccccc7)c6c5)n4)c4ccccc4-c4ccccc43)c2)cc1. The van der Waals surface area contributed by atoms with E-state index in [0.29, 0.717) is 17.5 Å². The molecule has 0 N–H and O–H groups in total. The molecule has 11 rings (SSSR count). The molecular weight excluding hydrogens is 681 g/mol. The summed E-state index contributed by atoms with van der Waals surface area (Å²) in [5, 5.41) is 2.38. The molecule has 0 bridgehead atoms. The van der Waals surface area contributed by atoms with Crippen LogP contribution in [0.5, 0.6) is 0 Å². The Bertz CT molecular complexity index is 3030. The van der Waals surface area contributed by atoms with Crippen LogP contribution in [-0.4, -0.2) is 19.5 Å². The van der Waals surface area contributed by atoms with Gasteiger partial charge in [0.25, 0.3) is 0 Å². The maximum atomic E-state index is 5.59. The van der Waals surface area contributed by atoms with Gasteiger partial charge in [0.1, 0.15) is 5.41 Å². The lowest BCUT2D eigenvalue weighted by molar-refractivity contribution is 0.692. The van der Waals surface area contributed by atoms with Crippen LogP contribution in [0.25, 0.3) is 72.5 Å². The Labute approximate surface area is 325 Å². The molecule has 0 spiro atoms. The quantitative estimate of drug-likeness (QED) is 0.172. The predicted octanol–water partition coefficient (Wildman–Crippen LogP) is 12.3. The maximum Gasteiger partial charge on any atom is 0.163 e. The summed E-state index contributed by atoms with van der Waals surface area (Å²) >= 11 is 0. The Kier molecular flexibility index (Phi) is 7.36. The van der Waals surface area contributed by atoms with Gasteiger partial charge >= 0.3 is 0 Å². The highest BCUT2D eigenvalue weighted by molar-refractivity contribution is 6.10. The first kappa shape index (κ1) is 32.0. The average Bonchev–Trinajstić information content (AvgIpc) is 3.78. The average molecular weight is 715 g/mol. The third-order valence-corrected chi connectivity index (χ3v) is 11.3. The molecule has 56 heavy (non-hydrogen) atoms. The second kappa shape index (κ2) is 12.9. The minimum absolute atomic E-state index is 0.626. The van der Waals surface area contributed by atoms with Crippen LogP contribution in [0.4, 0.5) is 0 Å². The molecule has 0 amide bonds. The van der Waals surface area contributed by atoms with Gasteiger partial charge in [-0.2, -0.15) is 0 Å². The Balaban J connectivity index is 1.23. The number of rotatable bonds is 6. The van der Waals surface area contributed by atoms with Gasteiger partial charge in [0, 0.05) is 27.6 Å². The Morgan fingerprint density at radius 2 is 0.911 bits per heavy atom. The van der Waals surface area contributed by atoms with Crippen LogP contribution in [0.3, 0.4) is 0 Å². The van der Waals surface area contributed by atoms with E-state index in [0.717, 1.165) is 55.7 Å². The Morgan fingerprint density at radius 3 is 1.62 bits per heavy atom. The first-order valence-corrected chi connectivity index (χ1v) is 19.0. The summed E-state index contributed by atoms with van der Waals surface area (Å²) in [7, 11) is 0. The topological polar surface area (TPSA) is 43.6 Å². The summed E-state index contributed by atoms with van der Waals surface area (Å²) in [5.74, 6) is 1.95. The molecule has 0 aliphatic heterocycles. The highest BCUT2D eigenvalue weighted by Crippen LogP contribution is 2.55. The molecule has 10 aromatic rings. The van der Waals surface area contributed by atoms with Crippen LogP contribution >= 0.6 is 0 Å². The van der Waals surface area contributed by atoms with Gasteiger partial charge in [0.05, 0.1) is 11.0 Å². The zero-order chi connectivity index (χ0) is 37.1. The van der Waals surface area contributed by atoms with Gasteiger partial charge in [0.15, 0.2) is 17.5 Å². The van der Waals surface area contributed by atoms with Gasteiger partial charge < -0.3 is 4.57 Å². The van der Waals surface area contributed by atoms with Crippen molar-refractivity contribution in [2.75, 3.05) is 0 Å². The lowest BCUT2D eigenvalue weighted by Crippen LogP contribution is -2.32. The van der Waals surface area contributed by atoms with Crippen molar-refractivity contribution in [3.8, 4) is 50.7 Å². The van der Waals surface area contributed by atoms with Crippen molar-refractivity contribution in [2.45, 2.75) is 5.41 Å². The smallest absolute Gasteiger partial charge is 0.163 e. The first-order valence-electron chi connectivity index (χ1n) is 19.0. The van der Waals surface area contributed by atoms with E-state index < -0.39 is 5.41 Å². The number of hydrogen-bond acceptors (Lipinski definition) is 3. The van der Waals surface area contributed by atoms with Crippen LogP contribution in [0.2, 0.25) is 0 Å². The van der Waals surface area contributed by atoms with Crippen molar-refractivity contribution in [3.05, 3.63) is 229 Å². The standard InChI is InChI=1S/C52H34N4/c1-4-17-35(18-5-1)37-21-16-22-39(33-37)52(45-28-13-10-25-41(45)42-26-11-14-29-46(42)52)51-54-49(36-19-6-2-7-20-36)53-50(55-51)38-31-32-44-43-27-12-15-30-47(43)56(48(44)34-38)40-23-8-3-9-24-40/h1-34H. The molecule has 1 aliphatic carbocycles. The molecule has 0 radical (unpaired) electrons. The van der Waals surface area contributed by atoms with E-state index in [2.05, 4.69) is 193 Å². The van der Waals surface area contributed by atoms with Crippen LogP contribution in [0, 0.1) is 0 Å². The summed E-state index contributed by atoms with van der Waals surface area (Å²) < 4.78 is 2.34. The molecule has 2 aromatic heterocycles.